The molecule has 0 unspecified atom stereocenters. The lowest BCUT2D eigenvalue weighted by molar-refractivity contribution is 0.221. The van der Waals surface area contributed by atoms with Gasteiger partial charge >= 0.3 is 0 Å². The van der Waals surface area contributed by atoms with Gasteiger partial charge in [-0.1, -0.05) is 12.5 Å². The lowest BCUT2D eigenvalue weighted by Gasteiger charge is -2.26. The molecular weight excluding hydrogens is 282 g/mol. The normalized spacial score (nSPS) is 16.7. The SMILES string of the molecule is Cc1ccc2nc(CCCl)n(CCN3CCCCC3)c2c1. The minimum atomic E-state index is 0.631. The zero-order chi connectivity index (χ0) is 14.7. The van der Waals surface area contributed by atoms with Crippen molar-refractivity contribution in [3.8, 4) is 0 Å². The van der Waals surface area contributed by atoms with Crippen molar-refractivity contribution >= 4 is 22.6 Å². The van der Waals surface area contributed by atoms with Crippen LogP contribution in [0.25, 0.3) is 11.0 Å². The summed E-state index contributed by atoms with van der Waals surface area (Å²) in [5.41, 5.74) is 3.64. The van der Waals surface area contributed by atoms with Crippen LogP contribution in [0, 0.1) is 6.92 Å². The minimum absolute atomic E-state index is 0.631. The second kappa shape index (κ2) is 6.80. The number of benzene rings is 1. The third-order valence-corrected chi connectivity index (χ3v) is 4.58. The zero-order valence-corrected chi connectivity index (χ0v) is 13.6. The predicted molar refractivity (Wildman–Crippen MR) is 89.2 cm³/mol. The van der Waals surface area contributed by atoms with Crippen molar-refractivity contribution in [3.63, 3.8) is 0 Å². The molecule has 2 heterocycles. The first kappa shape index (κ1) is 14.9. The quantitative estimate of drug-likeness (QED) is 0.787. The average molecular weight is 306 g/mol. The average Bonchev–Trinajstić information content (AvgIpc) is 2.83. The van der Waals surface area contributed by atoms with Crippen LogP contribution >= 0.6 is 11.6 Å². The molecule has 1 aromatic carbocycles. The lowest BCUT2D eigenvalue weighted by atomic mass is 10.1. The molecule has 0 saturated carbocycles. The molecule has 1 aromatic heterocycles. The van der Waals surface area contributed by atoms with Gasteiger partial charge in [0.25, 0.3) is 0 Å². The molecule has 3 nitrogen and oxygen atoms in total. The first-order valence-corrected chi connectivity index (χ1v) is 8.55. The van der Waals surface area contributed by atoms with E-state index in [0.717, 1.165) is 30.9 Å². The summed E-state index contributed by atoms with van der Waals surface area (Å²) in [7, 11) is 0. The number of fused-ring (bicyclic) bond motifs is 1. The molecule has 0 atom stereocenters. The lowest BCUT2D eigenvalue weighted by Crippen LogP contribution is -2.32. The molecule has 0 bridgehead atoms. The third-order valence-electron chi connectivity index (χ3n) is 4.39. The van der Waals surface area contributed by atoms with Crippen molar-refractivity contribution in [3.05, 3.63) is 29.6 Å². The number of piperidine rings is 1. The Morgan fingerprint density at radius 2 is 1.95 bits per heavy atom. The van der Waals surface area contributed by atoms with E-state index in [0.29, 0.717) is 5.88 Å². The topological polar surface area (TPSA) is 21.1 Å². The molecule has 1 aliphatic rings. The molecule has 1 fully saturated rings. The van der Waals surface area contributed by atoms with Crippen molar-refractivity contribution in [2.24, 2.45) is 0 Å². The number of hydrogen-bond acceptors (Lipinski definition) is 2. The molecular formula is C17H24ClN3. The molecule has 21 heavy (non-hydrogen) atoms. The fraction of sp³-hybridized carbons (Fsp3) is 0.588. The first-order chi connectivity index (χ1) is 10.3. The standard InChI is InChI=1S/C17H24ClN3/c1-14-5-6-15-16(13-14)21(17(19-15)7-8-18)12-11-20-9-3-2-4-10-20/h5-6,13H,2-4,7-12H2,1H3. The van der Waals surface area contributed by atoms with E-state index in [-0.39, 0.29) is 0 Å². The van der Waals surface area contributed by atoms with Gasteiger partial charge in [0.15, 0.2) is 0 Å². The van der Waals surface area contributed by atoms with E-state index in [4.69, 9.17) is 16.6 Å². The van der Waals surface area contributed by atoms with Crippen molar-refractivity contribution in [1.29, 1.82) is 0 Å². The van der Waals surface area contributed by atoms with Gasteiger partial charge < -0.3 is 9.47 Å². The number of nitrogens with zero attached hydrogens (tertiary/aromatic N) is 3. The molecule has 2 aromatic rings. The van der Waals surface area contributed by atoms with Gasteiger partial charge in [0.2, 0.25) is 0 Å². The van der Waals surface area contributed by atoms with Crippen LogP contribution in [0.1, 0.15) is 30.7 Å². The Bertz CT molecular complexity index is 599. The highest BCUT2D eigenvalue weighted by molar-refractivity contribution is 6.17. The number of rotatable bonds is 5. The van der Waals surface area contributed by atoms with E-state index < -0.39 is 0 Å². The van der Waals surface area contributed by atoms with Gasteiger partial charge in [0.05, 0.1) is 11.0 Å². The number of aromatic nitrogens is 2. The highest BCUT2D eigenvalue weighted by Crippen LogP contribution is 2.19. The number of likely N-dealkylation sites (tertiary alicyclic amines) is 1. The molecule has 0 spiro atoms. The van der Waals surface area contributed by atoms with Gasteiger partial charge in [0, 0.05) is 25.4 Å². The van der Waals surface area contributed by atoms with Crippen molar-refractivity contribution in [2.75, 3.05) is 25.5 Å². The van der Waals surface area contributed by atoms with Gasteiger partial charge in [-0.3, -0.25) is 0 Å². The Labute approximate surface area is 131 Å². The van der Waals surface area contributed by atoms with Crippen LogP contribution < -0.4 is 0 Å². The maximum absolute atomic E-state index is 5.95. The highest BCUT2D eigenvalue weighted by atomic mass is 35.5. The second-order valence-corrected chi connectivity index (χ2v) is 6.39. The summed E-state index contributed by atoms with van der Waals surface area (Å²) in [4.78, 5) is 7.35. The maximum atomic E-state index is 5.95. The largest absolute Gasteiger partial charge is 0.327 e. The van der Waals surface area contributed by atoms with Gasteiger partial charge in [-0.15, -0.1) is 11.6 Å². The minimum Gasteiger partial charge on any atom is -0.327 e. The van der Waals surface area contributed by atoms with E-state index in [9.17, 15) is 0 Å². The summed E-state index contributed by atoms with van der Waals surface area (Å²) in [6.45, 7) is 6.77. The Kier molecular flexibility index (Phi) is 4.81. The number of halogens is 1. The molecule has 114 valence electrons. The van der Waals surface area contributed by atoms with Crippen LogP contribution in [0.15, 0.2) is 18.2 Å². The number of alkyl halides is 1. The number of aryl methyl sites for hydroxylation is 2. The summed E-state index contributed by atoms with van der Waals surface area (Å²) in [6.07, 6.45) is 4.92. The molecule has 3 rings (SSSR count). The zero-order valence-electron chi connectivity index (χ0n) is 12.8. The van der Waals surface area contributed by atoms with Crippen LogP contribution in [0.5, 0.6) is 0 Å². The highest BCUT2D eigenvalue weighted by Gasteiger charge is 2.14. The van der Waals surface area contributed by atoms with Gasteiger partial charge in [-0.2, -0.15) is 0 Å². The Morgan fingerprint density at radius 1 is 1.14 bits per heavy atom. The van der Waals surface area contributed by atoms with Crippen molar-refractivity contribution in [1.82, 2.24) is 14.5 Å². The predicted octanol–water partition coefficient (Wildman–Crippen LogP) is 3.61. The summed E-state index contributed by atoms with van der Waals surface area (Å²) in [6, 6.07) is 6.50. The third kappa shape index (κ3) is 3.41. The Hall–Kier alpha value is -1.06. The van der Waals surface area contributed by atoms with Crippen molar-refractivity contribution < 1.29 is 0 Å². The van der Waals surface area contributed by atoms with E-state index in [1.54, 1.807) is 0 Å². The number of hydrogen-bond donors (Lipinski definition) is 0. The number of imidazole rings is 1. The molecule has 0 N–H and O–H groups in total. The summed E-state index contributed by atoms with van der Waals surface area (Å²) >= 11 is 5.95. The maximum Gasteiger partial charge on any atom is 0.111 e. The molecule has 0 radical (unpaired) electrons. The Balaban J connectivity index is 1.83. The summed E-state index contributed by atoms with van der Waals surface area (Å²) in [5.74, 6) is 1.76. The van der Waals surface area contributed by atoms with Crippen LogP contribution in [0.4, 0.5) is 0 Å². The van der Waals surface area contributed by atoms with E-state index in [1.165, 1.54) is 43.4 Å². The first-order valence-electron chi connectivity index (χ1n) is 8.02. The van der Waals surface area contributed by atoms with Gasteiger partial charge in [0.1, 0.15) is 5.82 Å². The van der Waals surface area contributed by atoms with Gasteiger partial charge in [-0.25, -0.2) is 4.98 Å². The fourth-order valence-corrected chi connectivity index (χ4v) is 3.40. The monoisotopic (exact) mass is 305 g/mol. The van der Waals surface area contributed by atoms with Gasteiger partial charge in [-0.05, 0) is 50.6 Å². The van der Waals surface area contributed by atoms with Crippen LogP contribution in [0.2, 0.25) is 0 Å². The van der Waals surface area contributed by atoms with E-state index in [1.807, 2.05) is 0 Å². The van der Waals surface area contributed by atoms with E-state index in [2.05, 4.69) is 34.6 Å². The summed E-state index contributed by atoms with van der Waals surface area (Å²) < 4.78 is 2.37. The smallest absolute Gasteiger partial charge is 0.111 e. The van der Waals surface area contributed by atoms with E-state index >= 15 is 0 Å². The van der Waals surface area contributed by atoms with Crippen LogP contribution in [0.3, 0.4) is 0 Å². The molecule has 4 heteroatoms. The molecule has 0 amide bonds. The molecule has 0 aliphatic carbocycles. The fourth-order valence-electron chi connectivity index (χ4n) is 3.23. The van der Waals surface area contributed by atoms with Crippen LogP contribution in [-0.4, -0.2) is 40.0 Å². The Morgan fingerprint density at radius 3 is 2.71 bits per heavy atom. The second-order valence-electron chi connectivity index (χ2n) is 6.01. The molecule has 1 aliphatic heterocycles. The summed E-state index contributed by atoms with van der Waals surface area (Å²) in [5, 5.41) is 0. The molecule has 1 saturated heterocycles. The van der Waals surface area contributed by atoms with Crippen LogP contribution in [-0.2, 0) is 13.0 Å². The van der Waals surface area contributed by atoms with Crippen molar-refractivity contribution in [2.45, 2.75) is 39.2 Å².